The van der Waals surface area contributed by atoms with Gasteiger partial charge in [0.25, 0.3) is 0 Å². The van der Waals surface area contributed by atoms with E-state index in [1.54, 1.807) is 37.9 Å². The molecule has 2 heterocycles. The Morgan fingerprint density at radius 3 is 2.34 bits per heavy atom. The minimum absolute atomic E-state index is 0.0313. The van der Waals surface area contributed by atoms with E-state index in [1.807, 2.05) is 6.92 Å². The molecule has 0 N–H and O–H groups in total. The average Bonchev–Trinajstić information content (AvgIpc) is 3.05. The lowest BCUT2D eigenvalue weighted by Gasteiger charge is -2.34. The van der Waals surface area contributed by atoms with Crippen LogP contribution in [-0.2, 0) is 14.8 Å². The van der Waals surface area contributed by atoms with Crippen molar-refractivity contribution in [1.29, 1.82) is 0 Å². The highest BCUT2D eigenvalue weighted by Gasteiger charge is 2.36. The van der Waals surface area contributed by atoms with E-state index in [0.29, 0.717) is 18.5 Å². The number of carbonyl (C=O) groups excluding carboxylic acids is 1. The summed E-state index contributed by atoms with van der Waals surface area (Å²) in [5.41, 5.74) is 1.19. The van der Waals surface area contributed by atoms with Gasteiger partial charge in [-0.05, 0) is 51.3 Å². The largest absolute Gasteiger partial charge is 0.360 e. The highest BCUT2D eigenvalue weighted by Crippen LogP contribution is 2.29. The Kier molecular flexibility index (Phi) is 6.09. The fourth-order valence-corrected chi connectivity index (χ4v) is 5.52. The molecule has 158 valence electrons. The monoisotopic (exact) mass is 423 g/mol. The number of nitrogens with zero attached hydrogens (tertiary/aromatic N) is 3. The highest BCUT2D eigenvalue weighted by molar-refractivity contribution is 7.89. The third kappa shape index (κ3) is 4.20. The van der Waals surface area contributed by atoms with Gasteiger partial charge in [-0.2, -0.15) is 4.31 Å². The number of aryl methyl sites for hydroxylation is 2. The van der Waals surface area contributed by atoms with E-state index in [0.717, 1.165) is 5.56 Å². The van der Waals surface area contributed by atoms with E-state index in [9.17, 15) is 17.6 Å². The fraction of sp³-hybridized carbons (Fsp3) is 0.500. The molecular weight excluding hydrogens is 397 g/mol. The Labute approximate surface area is 170 Å². The molecule has 1 aliphatic rings. The molecular formula is C20H26FN3O4S. The number of hydrogen-bond acceptors (Lipinski definition) is 5. The van der Waals surface area contributed by atoms with Crippen LogP contribution in [-0.4, -0.2) is 48.8 Å². The molecule has 1 atom stereocenters. The molecule has 1 saturated heterocycles. The van der Waals surface area contributed by atoms with E-state index < -0.39 is 10.0 Å². The van der Waals surface area contributed by atoms with E-state index in [-0.39, 0.29) is 47.4 Å². The summed E-state index contributed by atoms with van der Waals surface area (Å²) in [5.74, 6) is -0.328. The van der Waals surface area contributed by atoms with Crippen LogP contribution in [0, 0.1) is 25.6 Å². The van der Waals surface area contributed by atoms with Gasteiger partial charge in [0.15, 0.2) is 5.76 Å². The normalized spacial score (nSPS) is 17.3. The summed E-state index contributed by atoms with van der Waals surface area (Å²) < 4.78 is 45.4. The van der Waals surface area contributed by atoms with Gasteiger partial charge in [0.1, 0.15) is 16.4 Å². The van der Waals surface area contributed by atoms with Crippen molar-refractivity contribution in [2.45, 2.75) is 44.6 Å². The lowest BCUT2D eigenvalue weighted by Crippen LogP contribution is -2.44. The van der Waals surface area contributed by atoms with Crippen LogP contribution in [0.2, 0.25) is 0 Å². The van der Waals surface area contributed by atoms with Crippen LogP contribution in [0.1, 0.15) is 42.8 Å². The maximum atomic E-state index is 13.1. The second kappa shape index (κ2) is 8.23. The van der Waals surface area contributed by atoms with Gasteiger partial charge in [0, 0.05) is 26.1 Å². The second-order valence-corrected chi connectivity index (χ2v) is 9.38. The van der Waals surface area contributed by atoms with Gasteiger partial charge in [0.2, 0.25) is 15.9 Å². The fourth-order valence-electron chi connectivity index (χ4n) is 3.76. The molecule has 0 bridgehead atoms. The summed E-state index contributed by atoms with van der Waals surface area (Å²) in [6.45, 7) is 5.60. The van der Waals surface area contributed by atoms with Gasteiger partial charge in [-0.15, -0.1) is 0 Å². The number of benzene rings is 1. The van der Waals surface area contributed by atoms with Gasteiger partial charge >= 0.3 is 0 Å². The Morgan fingerprint density at radius 1 is 1.24 bits per heavy atom. The van der Waals surface area contributed by atoms with Crippen molar-refractivity contribution in [2.24, 2.45) is 5.92 Å². The Hall–Kier alpha value is -2.26. The molecule has 9 heteroatoms. The third-order valence-electron chi connectivity index (χ3n) is 5.65. The predicted octanol–water partition coefficient (Wildman–Crippen LogP) is 3.05. The number of aromatic nitrogens is 1. The molecule has 0 spiro atoms. The lowest BCUT2D eigenvalue weighted by molar-refractivity contribution is -0.137. The predicted molar refractivity (Wildman–Crippen MR) is 105 cm³/mol. The van der Waals surface area contributed by atoms with Gasteiger partial charge in [-0.1, -0.05) is 17.3 Å². The van der Waals surface area contributed by atoms with Crippen molar-refractivity contribution < 1.29 is 22.1 Å². The third-order valence-corrected chi connectivity index (χ3v) is 7.79. The smallest absolute Gasteiger partial charge is 0.248 e. The highest BCUT2D eigenvalue weighted by atomic mass is 32.2. The van der Waals surface area contributed by atoms with Crippen LogP contribution >= 0.6 is 0 Å². The van der Waals surface area contributed by atoms with Crippen molar-refractivity contribution in [3.05, 3.63) is 47.1 Å². The molecule has 2 aromatic rings. The zero-order valence-corrected chi connectivity index (χ0v) is 17.9. The van der Waals surface area contributed by atoms with E-state index in [1.165, 1.54) is 16.4 Å². The van der Waals surface area contributed by atoms with Gasteiger partial charge < -0.3 is 9.42 Å². The number of sulfonamides is 1. The summed E-state index contributed by atoms with van der Waals surface area (Å²) >= 11 is 0. The number of piperidine rings is 1. The number of hydrogen-bond donors (Lipinski definition) is 0. The molecule has 0 aliphatic carbocycles. The van der Waals surface area contributed by atoms with E-state index in [4.69, 9.17) is 4.52 Å². The first kappa shape index (κ1) is 21.4. The summed E-state index contributed by atoms with van der Waals surface area (Å²) in [5, 5.41) is 3.73. The van der Waals surface area contributed by atoms with Crippen LogP contribution in [0.4, 0.5) is 4.39 Å². The molecule has 1 amide bonds. The molecule has 0 saturated carbocycles. The summed E-state index contributed by atoms with van der Waals surface area (Å²) in [6, 6.07) is 5.89. The van der Waals surface area contributed by atoms with Crippen LogP contribution in [0.3, 0.4) is 0 Å². The number of carbonyl (C=O) groups is 1. The molecule has 7 nitrogen and oxygen atoms in total. The zero-order chi connectivity index (χ0) is 21.3. The molecule has 3 rings (SSSR count). The zero-order valence-electron chi connectivity index (χ0n) is 17.1. The number of halogens is 1. The molecule has 1 unspecified atom stereocenters. The van der Waals surface area contributed by atoms with Gasteiger partial charge in [0.05, 0.1) is 6.04 Å². The van der Waals surface area contributed by atoms with Crippen LogP contribution < -0.4 is 0 Å². The summed E-state index contributed by atoms with van der Waals surface area (Å²) in [6.07, 6.45) is 0.893. The first-order chi connectivity index (χ1) is 13.6. The van der Waals surface area contributed by atoms with Crippen molar-refractivity contribution in [1.82, 2.24) is 14.4 Å². The first-order valence-corrected chi connectivity index (χ1v) is 11.0. The van der Waals surface area contributed by atoms with Gasteiger partial charge in [-0.3, -0.25) is 4.79 Å². The molecule has 1 aromatic carbocycles. The summed E-state index contributed by atoms with van der Waals surface area (Å²) in [4.78, 5) is 14.7. The van der Waals surface area contributed by atoms with E-state index >= 15 is 0 Å². The maximum Gasteiger partial charge on any atom is 0.248 e. The van der Waals surface area contributed by atoms with Crippen LogP contribution in [0.15, 0.2) is 33.7 Å². The Morgan fingerprint density at radius 2 is 1.83 bits per heavy atom. The molecule has 1 aliphatic heterocycles. The number of rotatable bonds is 5. The van der Waals surface area contributed by atoms with Crippen LogP contribution in [0.5, 0.6) is 0 Å². The quantitative estimate of drug-likeness (QED) is 0.738. The molecule has 1 fully saturated rings. The van der Waals surface area contributed by atoms with Crippen molar-refractivity contribution >= 4 is 15.9 Å². The molecule has 29 heavy (non-hydrogen) atoms. The summed E-state index contributed by atoms with van der Waals surface area (Å²) in [7, 11) is -1.97. The lowest BCUT2D eigenvalue weighted by atomic mass is 9.95. The Balaban J connectivity index is 1.65. The SMILES string of the molecule is Cc1noc(C)c1S(=O)(=O)N1CCC(C(=O)N(C)C(C)c2ccc(F)cc2)CC1. The van der Waals surface area contributed by atoms with Crippen molar-refractivity contribution in [3.63, 3.8) is 0 Å². The first-order valence-electron chi connectivity index (χ1n) is 9.58. The molecule has 1 aromatic heterocycles. The second-order valence-electron chi connectivity index (χ2n) is 7.51. The molecule has 0 radical (unpaired) electrons. The van der Waals surface area contributed by atoms with Crippen LogP contribution in [0.25, 0.3) is 0 Å². The minimum atomic E-state index is -3.70. The van der Waals surface area contributed by atoms with Gasteiger partial charge in [-0.25, -0.2) is 12.8 Å². The maximum absolute atomic E-state index is 13.1. The topological polar surface area (TPSA) is 83.7 Å². The Bertz CT molecular complexity index is 960. The minimum Gasteiger partial charge on any atom is -0.360 e. The standard InChI is InChI=1S/C20H26FN3O4S/c1-13-19(15(3)28-22-13)29(26,27)24-11-9-17(10-12-24)20(25)23(4)14(2)16-5-7-18(21)8-6-16/h5-8,14,17H,9-12H2,1-4H3. The average molecular weight is 424 g/mol. The number of amides is 1. The van der Waals surface area contributed by atoms with Crippen molar-refractivity contribution in [2.75, 3.05) is 20.1 Å². The van der Waals surface area contributed by atoms with E-state index in [2.05, 4.69) is 5.16 Å². The van der Waals surface area contributed by atoms with Crippen molar-refractivity contribution in [3.8, 4) is 0 Å².